The van der Waals surface area contributed by atoms with Crippen molar-refractivity contribution in [3.05, 3.63) is 24.0 Å². The molecule has 1 aliphatic rings. The van der Waals surface area contributed by atoms with Crippen LogP contribution in [0, 0.1) is 0 Å². The third kappa shape index (κ3) is 3.19. The van der Waals surface area contributed by atoms with Crippen LogP contribution in [0.5, 0.6) is 0 Å². The molecule has 0 bridgehead atoms. The standard InChI is InChI=1S/C12H15N3O3/c1-15(7-11(16)14-8-2-3-8)9-4-5-10(12(17)18)13-6-9/h4-6,8H,2-3,7H2,1H3,(H,14,16)(H,17,18). The second-order valence-corrected chi connectivity index (χ2v) is 4.40. The fourth-order valence-electron chi connectivity index (χ4n) is 1.55. The van der Waals surface area contributed by atoms with Crippen LogP contribution in [0.4, 0.5) is 5.69 Å². The summed E-state index contributed by atoms with van der Waals surface area (Å²) in [4.78, 5) is 27.8. The van der Waals surface area contributed by atoms with Gasteiger partial charge in [-0.1, -0.05) is 0 Å². The van der Waals surface area contributed by atoms with Crippen molar-refractivity contribution in [2.24, 2.45) is 0 Å². The normalized spacial score (nSPS) is 14.1. The Morgan fingerprint density at radius 2 is 2.22 bits per heavy atom. The number of nitrogens with zero attached hydrogens (tertiary/aromatic N) is 2. The van der Waals surface area contributed by atoms with E-state index in [1.807, 2.05) is 0 Å². The molecule has 1 aromatic heterocycles. The van der Waals surface area contributed by atoms with Crippen molar-refractivity contribution in [3.8, 4) is 0 Å². The van der Waals surface area contributed by atoms with Gasteiger partial charge in [-0.2, -0.15) is 0 Å². The molecular weight excluding hydrogens is 234 g/mol. The van der Waals surface area contributed by atoms with Crippen molar-refractivity contribution >= 4 is 17.6 Å². The first-order valence-corrected chi connectivity index (χ1v) is 5.76. The van der Waals surface area contributed by atoms with Crippen molar-refractivity contribution in [1.82, 2.24) is 10.3 Å². The zero-order valence-electron chi connectivity index (χ0n) is 10.1. The number of likely N-dealkylation sites (N-methyl/N-ethyl adjacent to an activating group) is 1. The third-order valence-corrected chi connectivity index (χ3v) is 2.73. The Morgan fingerprint density at radius 3 is 2.72 bits per heavy atom. The van der Waals surface area contributed by atoms with Gasteiger partial charge in [0.15, 0.2) is 0 Å². The van der Waals surface area contributed by atoms with Crippen LogP contribution in [0.25, 0.3) is 0 Å². The molecule has 0 saturated heterocycles. The van der Waals surface area contributed by atoms with E-state index in [9.17, 15) is 9.59 Å². The number of aromatic nitrogens is 1. The number of hydrogen-bond acceptors (Lipinski definition) is 4. The molecule has 0 radical (unpaired) electrons. The first kappa shape index (κ1) is 12.3. The third-order valence-electron chi connectivity index (χ3n) is 2.73. The number of amides is 1. The van der Waals surface area contributed by atoms with Crippen LogP contribution in [-0.2, 0) is 4.79 Å². The molecule has 0 spiro atoms. The van der Waals surface area contributed by atoms with Gasteiger partial charge in [0.05, 0.1) is 18.4 Å². The molecule has 96 valence electrons. The number of pyridine rings is 1. The highest BCUT2D eigenvalue weighted by Gasteiger charge is 2.23. The smallest absolute Gasteiger partial charge is 0.354 e. The van der Waals surface area contributed by atoms with Gasteiger partial charge >= 0.3 is 5.97 Å². The maximum atomic E-state index is 11.6. The van der Waals surface area contributed by atoms with Crippen molar-refractivity contribution in [1.29, 1.82) is 0 Å². The van der Waals surface area contributed by atoms with Gasteiger partial charge < -0.3 is 15.3 Å². The van der Waals surface area contributed by atoms with Crippen LogP contribution in [-0.4, -0.2) is 41.6 Å². The van der Waals surface area contributed by atoms with Gasteiger partial charge in [-0.15, -0.1) is 0 Å². The fourth-order valence-corrected chi connectivity index (χ4v) is 1.55. The lowest BCUT2D eigenvalue weighted by Crippen LogP contribution is -2.36. The first-order valence-electron chi connectivity index (χ1n) is 5.76. The number of carboxylic acids is 1. The summed E-state index contributed by atoms with van der Waals surface area (Å²) in [6, 6.07) is 3.41. The van der Waals surface area contributed by atoms with E-state index in [0.29, 0.717) is 11.7 Å². The zero-order valence-corrected chi connectivity index (χ0v) is 10.1. The zero-order chi connectivity index (χ0) is 13.1. The molecule has 1 heterocycles. The number of aromatic carboxylic acids is 1. The minimum absolute atomic E-state index is 0.00502. The summed E-state index contributed by atoms with van der Waals surface area (Å²) in [5.41, 5.74) is 0.709. The van der Waals surface area contributed by atoms with Crippen LogP contribution < -0.4 is 10.2 Å². The topological polar surface area (TPSA) is 82.5 Å². The summed E-state index contributed by atoms with van der Waals surface area (Å²) in [6.45, 7) is 0.241. The van der Waals surface area contributed by atoms with Gasteiger partial charge in [-0.3, -0.25) is 4.79 Å². The van der Waals surface area contributed by atoms with E-state index in [0.717, 1.165) is 12.8 Å². The molecule has 1 amide bonds. The van der Waals surface area contributed by atoms with Gasteiger partial charge in [0.2, 0.25) is 5.91 Å². The Hall–Kier alpha value is -2.11. The van der Waals surface area contributed by atoms with Gasteiger partial charge in [-0.05, 0) is 25.0 Å². The van der Waals surface area contributed by atoms with E-state index < -0.39 is 5.97 Å². The van der Waals surface area contributed by atoms with Gasteiger partial charge in [0, 0.05) is 13.1 Å². The number of carbonyl (C=O) groups is 2. The monoisotopic (exact) mass is 249 g/mol. The van der Waals surface area contributed by atoms with E-state index in [1.165, 1.54) is 12.3 Å². The van der Waals surface area contributed by atoms with E-state index in [2.05, 4.69) is 10.3 Å². The van der Waals surface area contributed by atoms with E-state index in [4.69, 9.17) is 5.11 Å². The first-order chi connectivity index (χ1) is 8.56. The number of hydrogen-bond donors (Lipinski definition) is 2. The lowest BCUT2D eigenvalue weighted by Gasteiger charge is -2.18. The molecule has 0 aliphatic heterocycles. The van der Waals surface area contributed by atoms with Crippen LogP contribution in [0.3, 0.4) is 0 Å². The van der Waals surface area contributed by atoms with Crippen molar-refractivity contribution in [2.45, 2.75) is 18.9 Å². The molecule has 0 aromatic carbocycles. The van der Waals surface area contributed by atoms with Crippen LogP contribution in [0.15, 0.2) is 18.3 Å². The average molecular weight is 249 g/mol. The number of anilines is 1. The minimum atomic E-state index is -1.06. The maximum Gasteiger partial charge on any atom is 0.354 e. The minimum Gasteiger partial charge on any atom is -0.477 e. The Morgan fingerprint density at radius 1 is 1.50 bits per heavy atom. The van der Waals surface area contributed by atoms with E-state index >= 15 is 0 Å². The predicted octanol–water partition coefficient (Wildman–Crippen LogP) is 0.495. The second kappa shape index (κ2) is 5.03. The van der Waals surface area contributed by atoms with Crippen LogP contribution >= 0.6 is 0 Å². The summed E-state index contributed by atoms with van der Waals surface area (Å²) in [5, 5.41) is 11.6. The highest BCUT2D eigenvalue weighted by Crippen LogP contribution is 2.18. The van der Waals surface area contributed by atoms with Gasteiger partial charge in [0.25, 0.3) is 0 Å². The molecule has 6 nitrogen and oxygen atoms in total. The summed E-state index contributed by atoms with van der Waals surface area (Å²) in [5.74, 6) is -1.09. The Balaban J connectivity index is 1.92. The molecule has 6 heteroatoms. The summed E-state index contributed by atoms with van der Waals surface area (Å²) >= 11 is 0. The molecule has 1 aliphatic carbocycles. The quantitative estimate of drug-likeness (QED) is 0.793. The lowest BCUT2D eigenvalue weighted by molar-refractivity contribution is -0.119. The van der Waals surface area contributed by atoms with Crippen molar-refractivity contribution in [2.75, 3.05) is 18.5 Å². The SMILES string of the molecule is CN(CC(=O)NC1CC1)c1ccc(C(=O)O)nc1. The number of carbonyl (C=O) groups excluding carboxylic acids is 1. The van der Waals surface area contributed by atoms with Crippen LogP contribution in [0.1, 0.15) is 23.3 Å². The molecule has 2 rings (SSSR count). The number of carboxylic acid groups (broad SMARTS) is 1. The maximum absolute atomic E-state index is 11.6. The Labute approximate surface area is 105 Å². The fraction of sp³-hybridized carbons (Fsp3) is 0.417. The highest BCUT2D eigenvalue weighted by molar-refractivity contribution is 5.86. The van der Waals surface area contributed by atoms with Crippen LogP contribution in [0.2, 0.25) is 0 Å². The Bertz CT molecular complexity index is 454. The molecule has 18 heavy (non-hydrogen) atoms. The molecular formula is C12H15N3O3. The average Bonchev–Trinajstić information content (AvgIpc) is 3.12. The van der Waals surface area contributed by atoms with E-state index in [-0.39, 0.29) is 18.1 Å². The van der Waals surface area contributed by atoms with Gasteiger partial charge in [-0.25, -0.2) is 9.78 Å². The number of nitrogens with one attached hydrogen (secondary N) is 1. The molecule has 0 atom stereocenters. The number of rotatable bonds is 5. The second-order valence-electron chi connectivity index (χ2n) is 4.40. The summed E-state index contributed by atoms with van der Waals surface area (Å²) in [7, 11) is 1.77. The summed E-state index contributed by atoms with van der Waals surface area (Å²) in [6.07, 6.45) is 3.57. The largest absolute Gasteiger partial charge is 0.477 e. The molecule has 1 aromatic rings. The molecule has 0 unspecified atom stereocenters. The van der Waals surface area contributed by atoms with Gasteiger partial charge in [0.1, 0.15) is 5.69 Å². The van der Waals surface area contributed by atoms with Crippen molar-refractivity contribution in [3.63, 3.8) is 0 Å². The molecule has 2 N–H and O–H groups in total. The van der Waals surface area contributed by atoms with Crippen molar-refractivity contribution < 1.29 is 14.7 Å². The predicted molar refractivity (Wildman–Crippen MR) is 65.6 cm³/mol. The Kier molecular flexibility index (Phi) is 3.45. The summed E-state index contributed by atoms with van der Waals surface area (Å²) < 4.78 is 0. The molecule has 1 saturated carbocycles. The van der Waals surface area contributed by atoms with E-state index in [1.54, 1.807) is 18.0 Å². The molecule has 1 fully saturated rings. The lowest BCUT2D eigenvalue weighted by atomic mass is 10.3. The highest BCUT2D eigenvalue weighted by atomic mass is 16.4.